The molecular formula is C36H27F6N9O8. The highest BCUT2D eigenvalue weighted by molar-refractivity contribution is 5.97. The van der Waals surface area contributed by atoms with Gasteiger partial charge < -0.3 is 32.9 Å². The number of hydrogen-bond acceptors (Lipinski definition) is 13. The summed E-state index contributed by atoms with van der Waals surface area (Å²) in [4.78, 5) is 44.9. The Labute approximate surface area is 324 Å². The van der Waals surface area contributed by atoms with E-state index < -0.39 is 35.7 Å². The Bertz CT molecular complexity index is 2860. The third-order valence-corrected chi connectivity index (χ3v) is 8.38. The number of oxazole rings is 2. The number of aliphatic hydroxyl groups is 1. The fourth-order valence-electron chi connectivity index (χ4n) is 5.62. The maximum absolute atomic E-state index is 12.9. The van der Waals surface area contributed by atoms with Gasteiger partial charge in [-0.2, -0.15) is 23.1 Å². The van der Waals surface area contributed by atoms with Gasteiger partial charge in [0.1, 0.15) is 16.8 Å². The summed E-state index contributed by atoms with van der Waals surface area (Å²) in [5, 5.41) is 23.4. The number of aryl methyl sites for hydroxylation is 2. The molecule has 1 amide bonds. The van der Waals surface area contributed by atoms with E-state index in [1.165, 1.54) is 24.3 Å². The van der Waals surface area contributed by atoms with Crippen molar-refractivity contribution in [2.45, 2.75) is 12.5 Å². The lowest BCUT2D eigenvalue weighted by atomic mass is 10.2. The number of hydrogen-bond donors (Lipinski definition) is 5. The number of carboxylic acids is 1. The first-order chi connectivity index (χ1) is 27.9. The van der Waals surface area contributed by atoms with Gasteiger partial charge in [0.15, 0.2) is 11.2 Å². The number of hydroxylamine groups is 1. The SMILES string of the molecule is Cn1c(Nc2nc3ccc(C(F)(F)F)cc3o2)nc2cc(C(=O)NOCCO)ccc21.Cn1c(Nc2nc3ccc(OC(F)(F)F)cc3o2)nc2cc(C(=O)O)ccc21. The van der Waals surface area contributed by atoms with Gasteiger partial charge in [-0.15, -0.1) is 13.2 Å². The van der Waals surface area contributed by atoms with Crippen LogP contribution in [-0.4, -0.2) is 70.7 Å². The molecule has 59 heavy (non-hydrogen) atoms. The molecule has 4 aromatic heterocycles. The van der Waals surface area contributed by atoms with Gasteiger partial charge in [-0.05, 0) is 66.7 Å². The maximum atomic E-state index is 12.9. The zero-order valence-corrected chi connectivity index (χ0v) is 30.1. The highest BCUT2D eigenvalue weighted by atomic mass is 19.4. The summed E-state index contributed by atoms with van der Waals surface area (Å²) in [5.41, 5.74) is 4.70. The molecule has 306 valence electrons. The summed E-state index contributed by atoms with van der Waals surface area (Å²) >= 11 is 0. The number of ether oxygens (including phenoxy) is 1. The molecule has 17 nitrogen and oxygen atoms in total. The molecule has 0 aliphatic rings. The number of nitrogens with zero attached hydrogens (tertiary/aromatic N) is 6. The number of aromatic nitrogens is 6. The second-order valence-electron chi connectivity index (χ2n) is 12.3. The van der Waals surface area contributed by atoms with Crippen LogP contribution in [0.3, 0.4) is 0 Å². The van der Waals surface area contributed by atoms with Crippen molar-refractivity contribution in [2.24, 2.45) is 14.1 Å². The number of fused-ring (bicyclic) bond motifs is 4. The molecule has 0 saturated carbocycles. The molecule has 8 aromatic rings. The topological polar surface area (TPSA) is 217 Å². The Morgan fingerprint density at radius 1 is 0.712 bits per heavy atom. The zero-order valence-electron chi connectivity index (χ0n) is 30.1. The number of amides is 1. The summed E-state index contributed by atoms with van der Waals surface area (Å²) in [7, 11) is 3.42. The smallest absolute Gasteiger partial charge is 0.478 e. The fraction of sp³-hybridized carbons (Fsp3) is 0.167. The van der Waals surface area contributed by atoms with Crippen LogP contribution in [0.2, 0.25) is 0 Å². The van der Waals surface area contributed by atoms with Crippen molar-refractivity contribution in [2.75, 3.05) is 23.8 Å². The Morgan fingerprint density at radius 2 is 1.25 bits per heavy atom. The van der Waals surface area contributed by atoms with E-state index in [1.807, 2.05) is 0 Å². The highest BCUT2D eigenvalue weighted by Crippen LogP contribution is 2.33. The summed E-state index contributed by atoms with van der Waals surface area (Å²) < 4.78 is 93.6. The third kappa shape index (κ3) is 8.79. The monoisotopic (exact) mass is 827 g/mol. The normalized spacial score (nSPS) is 11.9. The molecule has 0 unspecified atom stereocenters. The molecule has 0 saturated heterocycles. The highest BCUT2D eigenvalue weighted by Gasteiger charge is 2.32. The van der Waals surface area contributed by atoms with Gasteiger partial charge in [0.05, 0.1) is 46.4 Å². The van der Waals surface area contributed by atoms with Crippen molar-refractivity contribution in [1.82, 2.24) is 34.6 Å². The largest absolute Gasteiger partial charge is 0.573 e. The molecule has 0 radical (unpaired) electrons. The van der Waals surface area contributed by atoms with E-state index >= 15 is 0 Å². The number of alkyl halides is 6. The molecule has 4 aromatic carbocycles. The average Bonchev–Trinajstić information content (AvgIpc) is 3.93. The fourth-order valence-corrected chi connectivity index (χ4v) is 5.62. The van der Waals surface area contributed by atoms with Gasteiger partial charge in [0.25, 0.3) is 5.91 Å². The lowest BCUT2D eigenvalue weighted by Gasteiger charge is -2.07. The van der Waals surface area contributed by atoms with Gasteiger partial charge in [0.2, 0.25) is 11.9 Å². The molecule has 0 aliphatic heterocycles. The van der Waals surface area contributed by atoms with E-state index in [2.05, 4.69) is 40.8 Å². The lowest BCUT2D eigenvalue weighted by Crippen LogP contribution is -2.25. The van der Waals surface area contributed by atoms with Crippen molar-refractivity contribution < 1.29 is 64.6 Å². The Kier molecular flexibility index (Phi) is 10.5. The second-order valence-corrected chi connectivity index (χ2v) is 12.3. The molecule has 0 bridgehead atoms. The number of imidazole rings is 2. The standard InChI is InChI=1S/C19H16F3N5O4.C17H11F3N4O4/c1-27-14-5-2-10(16(29)26-30-7-6-28)8-13(14)23-17(27)25-18-24-12-4-3-11(19(20,21)22)9-15(12)31-18;1-24-12-5-2-8(14(25)26)6-11(12)21-15(24)23-16-22-10-4-3-9(7-13(10)27-16)28-17(18,19)20/h2-5,8-9,28H,6-7H2,1H3,(H,26,29)(H,23,24,25);2-7H,1H3,(H,25,26)(H,21,22,23). The molecule has 4 heterocycles. The van der Waals surface area contributed by atoms with E-state index in [1.54, 1.807) is 47.5 Å². The predicted molar refractivity (Wildman–Crippen MR) is 195 cm³/mol. The minimum absolute atomic E-state index is 0.0102. The number of benzene rings is 4. The van der Waals surface area contributed by atoms with Crippen molar-refractivity contribution in [3.05, 3.63) is 89.5 Å². The Morgan fingerprint density at radius 3 is 1.80 bits per heavy atom. The number of halogens is 6. The quantitative estimate of drug-likeness (QED) is 0.0524. The number of carboxylic acid groups (broad SMARTS) is 1. The second kappa shape index (κ2) is 15.5. The van der Waals surface area contributed by atoms with Gasteiger partial charge >= 0.3 is 30.5 Å². The predicted octanol–water partition coefficient (Wildman–Crippen LogP) is 7.19. The van der Waals surface area contributed by atoms with Gasteiger partial charge in [-0.25, -0.2) is 20.2 Å². The van der Waals surface area contributed by atoms with Crippen LogP contribution in [0, 0.1) is 0 Å². The van der Waals surface area contributed by atoms with Crippen LogP contribution in [-0.2, 0) is 25.1 Å². The van der Waals surface area contributed by atoms with Gasteiger partial charge in [-0.3, -0.25) is 20.3 Å². The van der Waals surface area contributed by atoms with Crippen LogP contribution < -0.4 is 20.9 Å². The first kappa shape index (κ1) is 39.8. The summed E-state index contributed by atoms with van der Waals surface area (Å²) in [6.45, 7) is -0.275. The van der Waals surface area contributed by atoms with E-state index in [0.717, 1.165) is 24.3 Å². The first-order valence-electron chi connectivity index (χ1n) is 16.8. The molecule has 0 fully saturated rings. The third-order valence-electron chi connectivity index (χ3n) is 8.38. The number of rotatable bonds is 10. The minimum atomic E-state index is -4.81. The molecule has 8 rings (SSSR count). The van der Waals surface area contributed by atoms with Crippen molar-refractivity contribution in [3.63, 3.8) is 0 Å². The Hall–Kier alpha value is -7.40. The molecule has 0 atom stereocenters. The van der Waals surface area contributed by atoms with Gasteiger partial charge in [-0.1, -0.05) is 0 Å². The van der Waals surface area contributed by atoms with Crippen molar-refractivity contribution >= 4 is 80.1 Å². The molecule has 0 aliphatic carbocycles. The number of carbonyl (C=O) groups excluding carboxylic acids is 1. The summed E-state index contributed by atoms with van der Waals surface area (Å²) in [6, 6.07) is 15.9. The van der Waals surface area contributed by atoms with Crippen LogP contribution in [0.5, 0.6) is 5.75 Å². The number of nitrogens with one attached hydrogen (secondary N) is 3. The molecule has 5 N–H and O–H groups in total. The summed E-state index contributed by atoms with van der Waals surface area (Å²) in [5.74, 6) is -1.37. The lowest BCUT2D eigenvalue weighted by molar-refractivity contribution is -0.274. The molecule has 23 heteroatoms. The van der Waals surface area contributed by atoms with E-state index in [0.29, 0.717) is 39.5 Å². The first-order valence-corrected chi connectivity index (χ1v) is 16.8. The molecule has 0 spiro atoms. The number of aliphatic hydroxyl groups excluding tert-OH is 1. The van der Waals surface area contributed by atoms with Gasteiger partial charge in [0, 0.05) is 25.7 Å². The minimum Gasteiger partial charge on any atom is -0.478 e. The van der Waals surface area contributed by atoms with E-state index in [9.17, 15) is 35.9 Å². The number of anilines is 4. The average molecular weight is 828 g/mol. The van der Waals surface area contributed by atoms with Crippen LogP contribution in [0.25, 0.3) is 44.3 Å². The maximum Gasteiger partial charge on any atom is 0.573 e. The number of carbonyl (C=O) groups is 2. The van der Waals surface area contributed by atoms with E-state index in [-0.39, 0.29) is 53.1 Å². The number of aromatic carboxylic acids is 1. The Balaban J connectivity index is 0.000000180. The summed E-state index contributed by atoms with van der Waals surface area (Å²) in [6.07, 6.45) is -9.30. The van der Waals surface area contributed by atoms with Crippen LogP contribution >= 0.6 is 0 Å². The van der Waals surface area contributed by atoms with Crippen molar-refractivity contribution in [1.29, 1.82) is 0 Å². The van der Waals surface area contributed by atoms with Crippen molar-refractivity contribution in [3.8, 4) is 5.75 Å². The van der Waals surface area contributed by atoms with Crippen LogP contribution in [0.4, 0.5) is 50.3 Å². The van der Waals surface area contributed by atoms with Crippen LogP contribution in [0.15, 0.2) is 81.6 Å². The molecular weight excluding hydrogens is 800 g/mol. The van der Waals surface area contributed by atoms with Crippen LogP contribution in [0.1, 0.15) is 26.3 Å². The van der Waals surface area contributed by atoms with E-state index in [4.69, 9.17) is 23.9 Å². The zero-order chi connectivity index (χ0) is 42.2.